The van der Waals surface area contributed by atoms with E-state index in [2.05, 4.69) is 5.32 Å². The Morgan fingerprint density at radius 3 is 2.64 bits per heavy atom. The molecule has 1 aromatic carbocycles. The van der Waals surface area contributed by atoms with E-state index in [4.69, 9.17) is 14.2 Å². The highest BCUT2D eigenvalue weighted by molar-refractivity contribution is 6.04. The molecule has 1 N–H and O–H groups in total. The number of nitro benzene ring substituents is 1. The predicted octanol–water partition coefficient (Wildman–Crippen LogP) is 4.27. The first-order chi connectivity index (χ1) is 15.6. The minimum atomic E-state index is -0.936. The Bertz CT molecular complexity index is 1100. The van der Waals surface area contributed by atoms with Gasteiger partial charge in [0.2, 0.25) is 6.79 Å². The molecule has 0 saturated carbocycles. The second kappa shape index (κ2) is 8.53. The van der Waals surface area contributed by atoms with E-state index < -0.39 is 16.8 Å². The van der Waals surface area contributed by atoms with Crippen LogP contribution >= 0.6 is 0 Å². The van der Waals surface area contributed by atoms with E-state index in [9.17, 15) is 19.7 Å². The van der Waals surface area contributed by atoms with E-state index >= 15 is 0 Å². The molecule has 0 fully saturated rings. The van der Waals surface area contributed by atoms with E-state index in [0.717, 1.165) is 6.42 Å². The van der Waals surface area contributed by atoms with Crippen molar-refractivity contribution in [2.45, 2.75) is 59.3 Å². The molecular formula is C24H28N2O7. The molecule has 2 heterocycles. The molecule has 2 aliphatic heterocycles. The lowest BCUT2D eigenvalue weighted by molar-refractivity contribution is -0.385. The number of Topliss-reactive ketones (excluding diaryl/α,β-unsaturated/α-hetero) is 1. The summed E-state index contributed by atoms with van der Waals surface area (Å²) in [7, 11) is 0. The summed E-state index contributed by atoms with van der Waals surface area (Å²) >= 11 is 0. The van der Waals surface area contributed by atoms with Crippen molar-refractivity contribution in [1.82, 2.24) is 5.32 Å². The molecule has 0 saturated heterocycles. The molecule has 4 rings (SSSR count). The molecule has 1 aliphatic carbocycles. The zero-order valence-corrected chi connectivity index (χ0v) is 19.3. The van der Waals surface area contributed by atoms with Crippen LogP contribution in [0.5, 0.6) is 11.5 Å². The number of esters is 1. The number of ether oxygens (including phenoxy) is 3. The number of benzene rings is 1. The van der Waals surface area contributed by atoms with Crippen LogP contribution in [-0.2, 0) is 14.3 Å². The lowest BCUT2D eigenvalue weighted by atomic mass is 9.68. The fourth-order valence-corrected chi connectivity index (χ4v) is 4.74. The first kappa shape index (κ1) is 22.8. The maximum atomic E-state index is 13.4. The zero-order chi connectivity index (χ0) is 23.9. The van der Waals surface area contributed by atoms with Gasteiger partial charge in [0.25, 0.3) is 5.69 Å². The summed E-state index contributed by atoms with van der Waals surface area (Å²) in [5, 5.41) is 15.3. The van der Waals surface area contributed by atoms with E-state index in [1.165, 1.54) is 12.1 Å². The van der Waals surface area contributed by atoms with Crippen LogP contribution in [0, 0.1) is 15.5 Å². The van der Waals surface area contributed by atoms with Crippen LogP contribution in [0.3, 0.4) is 0 Å². The lowest BCUT2D eigenvalue weighted by Gasteiger charge is -2.39. The topological polar surface area (TPSA) is 117 Å². The Morgan fingerprint density at radius 1 is 1.27 bits per heavy atom. The summed E-state index contributed by atoms with van der Waals surface area (Å²) in [5.41, 5.74) is 1.52. The molecule has 0 aromatic heterocycles. The van der Waals surface area contributed by atoms with Crippen molar-refractivity contribution in [2.24, 2.45) is 5.41 Å². The SMILES string of the molecule is CCCCOC(=O)C1=C(C)NC2=C(C(=O)CC(C)(C)C2)[C@H]1c1cc2c(cc1[N+](=O)[O-])OCO2. The minimum absolute atomic E-state index is 0.0516. The van der Waals surface area contributed by atoms with Crippen LogP contribution in [-0.4, -0.2) is 30.1 Å². The maximum Gasteiger partial charge on any atom is 0.336 e. The van der Waals surface area contributed by atoms with Gasteiger partial charge in [-0.1, -0.05) is 27.2 Å². The third-order valence-electron chi connectivity index (χ3n) is 6.22. The van der Waals surface area contributed by atoms with E-state index in [-0.39, 0.29) is 53.6 Å². The molecule has 176 valence electrons. The number of rotatable bonds is 6. The number of nitrogens with zero attached hydrogens (tertiary/aromatic N) is 1. The van der Waals surface area contributed by atoms with Crippen molar-refractivity contribution in [1.29, 1.82) is 0 Å². The highest BCUT2D eigenvalue weighted by atomic mass is 16.7. The highest BCUT2D eigenvalue weighted by Gasteiger charge is 2.45. The number of fused-ring (bicyclic) bond motifs is 1. The molecule has 1 atom stereocenters. The van der Waals surface area contributed by atoms with Gasteiger partial charge < -0.3 is 19.5 Å². The third kappa shape index (κ3) is 4.19. The molecule has 0 unspecified atom stereocenters. The largest absolute Gasteiger partial charge is 0.462 e. The van der Waals surface area contributed by atoms with Crippen molar-refractivity contribution in [2.75, 3.05) is 13.4 Å². The molecular weight excluding hydrogens is 428 g/mol. The van der Waals surface area contributed by atoms with E-state index in [0.29, 0.717) is 35.6 Å². The number of carbonyl (C=O) groups excluding carboxylic acids is 2. The lowest BCUT2D eigenvalue weighted by Crippen LogP contribution is -2.38. The van der Waals surface area contributed by atoms with Crippen LogP contribution in [0.15, 0.2) is 34.7 Å². The molecule has 0 spiro atoms. The Kier molecular flexibility index (Phi) is 5.90. The monoisotopic (exact) mass is 456 g/mol. The molecule has 9 heteroatoms. The van der Waals surface area contributed by atoms with Crippen molar-refractivity contribution in [3.8, 4) is 11.5 Å². The van der Waals surface area contributed by atoms with Crippen molar-refractivity contribution in [3.63, 3.8) is 0 Å². The van der Waals surface area contributed by atoms with Gasteiger partial charge in [-0.25, -0.2) is 4.79 Å². The number of carbonyl (C=O) groups is 2. The number of hydrogen-bond acceptors (Lipinski definition) is 8. The molecule has 3 aliphatic rings. The number of allylic oxidation sites excluding steroid dienone is 3. The number of hydrogen-bond donors (Lipinski definition) is 1. The average Bonchev–Trinajstić information content (AvgIpc) is 3.18. The van der Waals surface area contributed by atoms with Gasteiger partial charge in [-0.05, 0) is 31.2 Å². The Balaban J connectivity index is 1.91. The van der Waals surface area contributed by atoms with Gasteiger partial charge in [0.1, 0.15) is 0 Å². The number of nitrogens with one attached hydrogen (secondary N) is 1. The van der Waals surface area contributed by atoms with Gasteiger partial charge >= 0.3 is 5.97 Å². The van der Waals surface area contributed by atoms with Crippen LogP contribution in [0.1, 0.15) is 64.9 Å². The molecule has 33 heavy (non-hydrogen) atoms. The van der Waals surface area contributed by atoms with Crippen molar-refractivity contribution in [3.05, 3.63) is 50.4 Å². The molecule has 1 aromatic rings. The van der Waals surface area contributed by atoms with Gasteiger partial charge in [0, 0.05) is 29.0 Å². The summed E-state index contributed by atoms with van der Waals surface area (Å²) in [6.45, 7) is 7.90. The number of unbranched alkanes of at least 4 members (excludes halogenated alkanes) is 1. The summed E-state index contributed by atoms with van der Waals surface area (Å²) in [5.74, 6) is -1.06. The first-order valence-electron chi connectivity index (χ1n) is 11.1. The Morgan fingerprint density at radius 2 is 1.97 bits per heavy atom. The minimum Gasteiger partial charge on any atom is -0.462 e. The van der Waals surface area contributed by atoms with Gasteiger partial charge in [-0.2, -0.15) is 0 Å². The zero-order valence-electron chi connectivity index (χ0n) is 19.3. The number of nitro groups is 1. The van der Waals surface area contributed by atoms with Gasteiger partial charge in [-0.3, -0.25) is 14.9 Å². The standard InChI is InChI=1S/C24H28N2O7/c1-5-6-7-31-23(28)20-13(2)25-15-10-24(3,4)11-17(27)22(15)21(20)14-8-18-19(33-12-32-18)9-16(14)26(29)30/h8-9,21,25H,5-7,10-12H2,1-4H3/t21-/m0/s1. The second-order valence-corrected chi connectivity index (χ2v) is 9.44. The fourth-order valence-electron chi connectivity index (χ4n) is 4.74. The highest BCUT2D eigenvalue weighted by Crippen LogP contribution is 2.50. The molecule has 9 nitrogen and oxygen atoms in total. The van der Waals surface area contributed by atoms with Crippen LogP contribution < -0.4 is 14.8 Å². The molecule has 0 amide bonds. The van der Waals surface area contributed by atoms with Crippen molar-refractivity contribution < 1.29 is 28.7 Å². The molecule has 0 radical (unpaired) electrons. The predicted molar refractivity (Wildman–Crippen MR) is 119 cm³/mol. The number of dihydropyridines is 1. The quantitative estimate of drug-likeness (QED) is 0.292. The maximum absolute atomic E-state index is 13.4. The van der Waals surface area contributed by atoms with E-state index in [1.54, 1.807) is 6.92 Å². The Hall–Kier alpha value is -3.36. The molecule has 0 bridgehead atoms. The second-order valence-electron chi connectivity index (χ2n) is 9.44. The fraction of sp³-hybridized carbons (Fsp3) is 0.500. The average molecular weight is 456 g/mol. The van der Waals surface area contributed by atoms with Gasteiger partial charge in [0.05, 0.1) is 29.1 Å². The summed E-state index contributed by atoms with van der Waals surface area (Å²) < 4.78 is 16.3. The van der Waals surface area contributed by atoms with Crippen LogP contribution in [0.25, 0.3) is 0 Å². The Labute approximate surface area is 191 Å². The van der Waals surface area contributed by atoms with E-state index in [1.807, 2.05) is 20.8 Å². The van der Waals surface area contributed by atoms with Gasteiger partial charge in [-0.15, -0.1) is 0 Å². The number of ketones is 1. The van der Waals surface area contributed by atoms with Crippen LogP contribution in [0.2, 0.25) is 0 Å². The first-order valence-corrected chi connectivity index (χ1v) is 11.1. The van der Waals surface area contributed by atoms with Crippen LogP contribution in [0.4, 0.5) is 5.69 Å². The van der Waals surface area contributed by atoms with Gasteiger partial charge in [0.15, 0.2) is 17.3 Å². The summed E-state index contributed by atoms with van der Waals surface area (Å²) in [4.78, 5) is 38.1. The summed E-state index contributed by atoms with van der Waals surface area (Å²) in [6, 6.07) is 2.81. The summed E-state index contributed by atoms with van der Waals surface area (Å²) in [6.07, 6.45) is 2.41. The van der Waals surface area contributed by atoms with Crippen molar-refractivity contribution >= 4 is 17.4 Å². The normalized spacial score (nSPS) is 21.0. The third-order valence-corrected chi connectivity index (χ3v) is 6.22. The smallest absolute Gasteiger partial charge is 0.336 e.